The monoisotopic (exact) mass is 500 g/mol. The minimum absolute atomic E-state index is 0.782. The van der Waals surface area contributed by atoms with E-state index in [1.165, 1.54) is 0 Å². The fourth-order valence-corrected chi connectivity index (χ4v) is 9.67. The number of halogens is 12. The molecule has 0 fully saturated rings. The average molecular weight is 497 g/mol. The third-order valence-corrected chi connectivity index (χ3v) is 11.2. The minimum atomic E-state index is -12.1. The van der Waals surface area contributed by atoms with Gasteiger partial charge in [-0.1, -0.05) is 0 Å². The summed E-state index contributed by atoms with van der Waals surface area (Å²) in [5.74, 6) is 0. The van der Waals surface area contributed by atoms with Gasteiger partial charge in [0.2, 0.25) is 0 Å². The Balaban J connectivity index is 5.28. The van der Waals surface area contributed by atoms with Crippen LogP contribution in [0.4, 0.5) is 42.6 Å². The molecular formula is F12O2Se3. The summed E-state index contributed by atoms with van der Waals surface area (Å²) in [7, 11) is 0. The molecule has 0 heterocycles. The van der Waals surface area contributed by atoms with Crippen LogP contribution in [0.2, 0.25) is 0 Å². The van der Waals surface area contributed by atoms with E-state index in [9.17, 15) is 42.6 Å². The predicted molar refractivity (Wildman–Crippen MR) is 32.7 cm³/mol. The second kappa shape index (κ2) is 2.73. The topological polar surface area (TPSA) is 18.5 Å². The van der Waals surface area contributed by atoms with E-state index in [1.54, 1.807) is 0 Å². The van der Waals surface area contributed by atoms with Gasteiger partial charge in [-0.25, -0.2) is 0 Å². The molecule has 0 spiro atoms. The number of hydrogen-bond acceptors (Lipinski definition) is 2. The van der Waals surface area contributed by atoms with Gasteiger partial charge in [-0.2, -0.15) is 0 Å². The van der Waals surface area contributed by atoms with Gasteiger partial charge in [0.05, 0.1) is 0 Å². The summed E-state index contributed by atoms with van der Waals surface area (Å²) < 4.78 is 138. The van der Waals surface area contributed by atoms with Crippen LogP contribution in [0.3, 0.4) is 0 Å². The third-order valence-electron chi connectivity index (χ3n) is 0.416. The van der Waals surface area contributed by atoms with E-state index >= 15 is 0 Å². The summed E-state index contributed by atoms with van der Waals surface area (Å²) in [5.41, 5.74) is 0. The Morgan fingerprint density at radius 2 is 0.706 bits per heavy atom. The fraction of sp³-hybridized carbons (Fsp3) is 0. The molecule has 0 N–H and O–H groups in total. The molecule has 0 amide bonds. The number of rotatable bonds is 4. The van der Waals surface area contributed by atoms with Gasteiger partial charge in [-0.05, 0) is 0 Å². The first-order valence-electron chi connectivity index (χ1n) is 2.52. The van der Waals surface area contributed by atoms with Gasteiger partial charge >= 0.3 is 89.5 Å². The van der Waals surface area contributed by atoms with E-state index in [0.29, 0.717) is 0 Å². The van der Waals surface area contributed by atoms with Crippen LogP contribution in [0.15, 0.2) is 0 Å². The summed E-state index contributed by atoms with van der Waals surface area (Å²) in [5, 5.41) is 0. The van der Waals surface area contributed by atoms with Gasteiger partial charge in [-0.3, -0.25) is 0 Å². The van der Waals surface area contributed by atoms with E-state index in [-0.39, 0.29) is 0 Å². The van der Waals surface area contributed by atoms with E-state index in [4.69, 9.17) is 0 Å². The van der Waals surface area contributed by atoms with Crippen molar-refractivity contribution in [3.05, 3.63) is 0 Å². The zero-order valence-corrected chi connectivity index (χ0v) is 11.7. The molecule has 0 radical (unpaired) electrons. The van der Waals surface area contributed by atoms with Crippen LogP contribution in [0.25, 0.3) is 0 Å². The zero-order valence-electron chi connectivity index (χ0n) is 6.58. The molecule has 0 saturated carbocycles. The molecule has 0 aromatic carbocycles. The van der Waals surface area contributed by atoms with Gasteiger partial charge in [0, 0.05) is 0 Å². The molecule has 0 saturated heterocycles. The Morgan fingerprint density at radius 3 is 0.824 bits per heavy atom. The molecule has 2 nitrogen and oxygen atoms in total. The van der Waals surface area contributed by atoms with Crippen LogP contribution in [0.5, 0.6) is 0 Å². The van der Waals surface area contributed by atoms with Crippen molar-refractivity contribution in [2.45, 2.75) is 0 Å². The van der Waals surface area contributed by atoms with E-state index in [1.807, 2.05) is 0 Å². The molecule has 17 heteroatoms. The molecule has 0 rings (SSSR count). The summed E-state index contributed by atoms with van der Waals surface area (Å²) in [6.45, 7) is 0. The molecule has 0 aliphatic carbocycles. The van der Waals surface area contributed by atoms with Crippen LogP contribution >= 0.6 is 0 Å². The van der Waals surface area contributed by atoms with E-state index < -0.39 is 41.1 Å². The van der Waals surface area contributed by atoms with Crippen molar-refractivity contribution < 1.29 is 48.4 Å². The van der Waals surface area contributed by atoms with Crippen molar-refractivity contribution >= 4 is 41.1 Å². The van der Waals surface area contributed by atoms with Crippen LogP contribution < -0.4 is 0 Å². The Bertz CT molecular complexity index is 289. The van der Waals surface area contributed by atoms with Crippen molar-refractivity contribution in [3.8, 4) is 0 Å². The van der Waals surface area contributed by atoms with Gasteiger partial charge in [0.15, 0.2) is 0 Å². The van der Waals surface area contributed by atoms with Crippen LogP contribution in [0, 0.1) is 0 Å². The zero-order chi connectivity index (χ0) is 14.7. The van der Waals surface area contributed by atoms with E-state index in [0.717, 1.165) is 5.80 Å². The standard InChI is InChI=1S/F12O2Se3/c1-15(2,13-16(3,4,5,6)7)14-17(8,9,10,11)12. The maximum atomic E-state index is 11.8. The molecule has 0 unspecified atom stereocenters. The van der Waals surface area contributed by atoms with Crippen molar-refractivity contribution in [2.75, 3.05) is 0 Å². The van der Waals surface area contributed by atoms with Crippen molar-refractivity contribution in [1.82, 2.24) is 0 Å². The molecule has 0 aromatic heterocycles. The molecule has 17 heavy (non-hydrogen) atoms. The quantitative estimate of drug-likeness (QED) is 0.436. The van der Waals surface area contributed by atoms with Gasteiger partial charge in [0.1, 0.15) is 0 Å². The third kappa shape index (κ3) is 12.9. The Morgan fingerprint density at radius 1 is 0.529 bits per heavy atom. The Labute approximate surface area is 89.8 Å². The Kier molecular flexibility index (Phi) is 2.83. The molecule has 0 aromatic rings. The van der Waals surface area contributed by atoms with Gasteiger partial charge < -0.3 is 0 Å². The number of hydrogen-bond donors (Lipinski definition) is 0. The molecule has 0 bridgehead atoms. The first-order valence-corrected chi connectivity index (χ1v) is 13.1. The van der Waals surface area contributed by atoms with Crippen LogP contribution in [-0.2, 0) is 5.80 Å². The molecular weight excluding hydrogens is 497 g/mol. The Hall–Kier alpha value is 0.638. The summed E-state index contributed by atoms with van der Waals surface area (Å²) in [6, 6.07) is 0. The van der Waals surface area contributed by atoms with Crippen molar-refractivity contribution in [2.24, 2.45) is 0 Å². The first-order chi connectivity index (χ1) is 6.37. The normalized spacial score (nSPS) is 24.2. The van der Waals surface area contributed by atoms with Gasteiger partial charge in [0.25, 0.3) is 0 Å². The molecule has 114 valence electrons. The summed E-state index contributed by atoms with van der Waals surface area (Å²) in [4.78, 5) is 0. The molecule has 0 aliphatic rings. The average Bonchev–Trinajstić information content (AvgIpc) is 1.29. The van der Waals surface area contributed by atoms with Crippen molar-refractivity contribution in [3.63, 3.8) is 0 Å². The molecule has 0 atom stereocenters. The SMILES string of the molecule is F[Se](F)(O[Se](F)(F)(F)(F)F)O[Se](F)(F)(F)(F)F. The van der Waals surface area contributed by atoms with Gasteiger partial charge in [-0.15, -0.1) is 0 Å². The summed E-state index contributed by atoms with van der Waals surface area (Å²) >= 11 is -33.2. The van der Waals surface area contributed by atoms with Crippen LogP contribution in [-0.4, -0.2) is 41.1 Å². The second-order valence-electron chi connectivity index (χ2n) is 2.31. The second-order valence-corrected chi connectivity index (χ2v) is 15.0. The summed E-state index contributed by atoms with van der Waals surface area (Å²) in [6.07, 6.45) is 0. The van der Waals surface area contributed by atoms with Crippen molar-refractivity contribution in [1.29, 1.82) is 0 Å². The fourth-order valence-electron chi connectivity index (χ4n) is 0.311. The first kappa shape index (κ1) is 17.6. The molecule has 0 aliphatic heterocycles. The van der Waals surface area contributed by atoms with Crippen LogP contribution in [0.1, 0.15) is 0 Å². The predicted octanol–water partition coefficient (Wildman–Crippen LogP) is 3.76. The maximum absolute atomic E-state index is 12.1. The van der Waals surface area contributed by atoms with E-state index in [2.05, 4.69) is 0 Å².